The predicted molar refractivity (Wildman–Crippen MR) is 133 cm³/mol. The normalized spacial score (nSPS) is 18.7. The predicted octanol–water partition coefficient (Wildman–Crippen LogP) is 0.307. The minimum absolute atomic E-state index is 0.0403. The summed E-state index contributed by atoms with van der Waals surface area (Å²) < 4.78 is 35.2. The lowest BCUT2D eigenvalue weighted by Crippen LogP contribution is -2.53. The van der Waals surface area contributed by atoms with Crippen LogP contribution in [0.25, 0.3) is 0 Å². The summed E-state index contributed by atoms with van der Waals surface area (Å²) in [6, 6.07) is 0. The average molecular weight is 557 g/mol. The molecule has 2 rings (SSSR count). The van der Waals surface area contributed by atoms with E-state index in [1.165, 1.54) is 14.1 Å². The Morgan fingerprint density at radius 2 is 1.46 bits per heavy atom. The Hall–Kier alpha value is -3.68. The van der Waals surface area contributed by atoms with Gasteiger partial charge in [-0.2, -0.15) is 0 Å². The van der Waals surface area contributed by atoms with Crippen molar-refractivity contribution in [2.45, 2.75) is 78.5 Å². The number of fused-ring (bicyclic) bond motifs is 1. The smallest absolute Gasteiger partial charge is 0.333 e. The monoisotopic (exact) mass is 556 g/mol. The number of aromatic nitrogens is 2. The first-order chi connectivity index (χ1) is 18.1. The van der Waals surface area contributed by atoms with E-state index in [0.29, 0.717) is 0 Å². The van der Waals surface area contributed by atoms with Crippen LogP contribution in [0, 0.1) is 5.92 Å². The summed E-state index contributed by atoms with van der Waals surface area (Å²) in [5.74, 6) is -4.22. The van der Waals surface area contributed by atoms with Gasteiger partial charge in [-0.1, -0.05) is 13.8 Å². The molecule has 0 spiro atoms. The van der Waals surface area contributed by atoms with Crippen LogP contribution >= 0.6 is 0 Å². The molecule has 0 aromatic carbocycles. The van der Waals surface area contributed by atoms with Gasteiger partial charge in [-0.25, -0.2) is 4.79 Å². The number of hydrogen-bond acceptors (Lipinski definition) is 12. The molecule has 0 radical (unpaired) electrons. The summed E-state index contributed by atoms with van der Waals surface area (Å²) in [4.78, 5) is 74.1. The van der Waals surface area contributed by atoms with Crippen LogP contribution in [-0.4, -0.2) is 70.8 Å². The molecular formula is C25H36N2O12. The Balaban J connectivity index is 2.79. The Morgan fingerprint density at radius 1 is 0.872 bits per heavy atom. The fourth-order valence-corrected chi connectivity index (χ4v) is 4.23. The van der Waals surface area contributed by atoms with Gasteiger partial charge in [-0.3, -0.25) is 33.1 Å². The molecule has 2 heterocycles. The van der Waals surface area contributed by atoms with Gasteiger partial charge in [0.25, 0.3) is 5.56 Å². The van der Waals surface area contributed by atoms with E-state index < -0.39 is 72.3 Å². The molecule has 1 aromatic rings. The number of carbonyl (C=O) groups is 4. The van der Waals surface area contributed by atoms with Crippen molar-refractivity contribution in [2.75, 3.05) is 13.2 Å². The second-order valence-electron chi connectivity index (χ2n) is 9.64. The summed E-state index contributed by atoms with van der Waals surface area (Å²) in [5.41, 5.74) is -1.44. The fraction of sp³-hybridized carbons (Fsp3) is 0.680. The Morgan fingerprint density at radius 3 is 1.97 bits per heavy atom. The minimum atomic E-state index is -1.53. The lowest BCUT2D eigenvalue weighted by atomic mass is 9.84. The van der Waals surface area contributed by atoms with E-state index in [-0.39, 0.29) is 30.4 Å². The van der Waals surface area contributed by atoms with Gasteiger partial charge in [-0.15, -0.1) is 0 Å². The highest BCUT2D eigenvalue weighted by molar-refractivity contribution is 5.69. The lowest BCUT2D eigenvalue weighted by molar-refractivity contribution is -0.195. The number of rotatable bonds is 11. The van der Waals surface area contributed by atoms with Crippen molar-refractivity contribution < 1.29 is 47.6 Å². The second-order valence-corrected chi connectivity index (χ2v) is 9.64. The third-order valence-electron chi connectivity index (χ3n) is 5.78. The average Bonchev–Trinajstić information content (AvgIpc) is 2.83. The van der Waals surface area contributed by atoms with Gasteiger partial charge >= 0.3 is 29.6 Å². The van der Waals surface area contributed by atoms with Crippen molar-refractivity contribution >= 4 is 23.9 Å². The number of carbonyl (C=O) groups excluding carboxylic acids is 4. The Kier molecular flexibility index (Phi) is 10.8. The highest BCUT2D eigenvalue weighted by Gasteiger charge is 2.48. The molecule has 5 atom stereocenters. The third-order valence-corrected chi connectivity index (χ3v) is 5.78. The molecule has 218 valence electrons. The van der Waals surface area contributed by atoms with Crippen LogP contribution in [0.3, 0.4) is 0 Å². The van der Waals surface area contributed by atoms with Gasteiger partial charge in [0.15, 0.2) is 12.2 Å². The van der Waals surface area contributed by atoms with Crippen LogP contribution in [0.2, 0.25) is 0 Å². The lowest BCUT2D eigenvalue weighted by Gasteiger charge is -2.40. The first-order valence-corrected chi connectivity index (χ1v) is 12.4. The number of hydrogen-bond donors (Lipinski definition) is 0. The van der Waals surface area contributed by atoms with Crippen molar-refractivity contribution in [2.24, 2.45) is 20.0 Å². The number of esters is 4. The number of ether oxygens (including phenoxy) is 6. The molecule has 14 heteroatoms. The van der Waals surface area contributed by atoms with Gasteiger partial charge in [0.2, 0.25) is 12.2 Å². The summed E-state index contributed by atoms with van der Waals surface area (Å²) in [6.45, 7) is 7.97. The van der Waals surface area contributed by atoms with Gasteiger partial charge in [0.05, 0.1) is 12.2 Å². The maximum Gasteiger partial charge on any atom is 0.333 e. The number of nitrogens with zero attached hydrogens (tertiary/aromatic N) is 2. The van der Waals surface area contributed by atoms with Crippen LogP contribution in [0.4, 0.5) is 0 Å². The largest absolute Gasteiger partial charge is 0.462 e. The van der Waals surface area contributed by atoms with E-state index in [1.807, 2.05) is 13.8 Å². The van der Waals surface area contributed by atoms with Crippen molar-refractivity contribution in [3.05, 3.63) is 26.4 Å². The van der Waals surface area contributed by atoms with E-state index in [9.17, 15) is 28.8 Å². The molecule has 0 fully saturated rings. The van der Waals surface area contributed by atoms with Gasteiger partial charge in [0.1, 0.15) is 12.7 Å². The van der Waals surface area contributed by atoms with E-state index in [2.05, 4.69) is 0 Å². The van der Waals surface area contributed by atoms with E-state index in [4.69, 9.17) is 28.4 Å². The van der Waals surface area contributed by atoms with Crippen LogP contribution in [0.15, 0.2) is 9.59 Å². The quantitative estimate of drug-likeness (QED) is 0.271. The van der Waals surface area contributed by atoms with Crippen LogP contribution < -0.4 is 16.0 Å². The SMILES string of the molecule is CC(=O)OC[C@@H](OC(C)=O)[C@@H](OC(C)=O)[C@@H](OC(C)=O)[C@@H]1C[C@H](OCC(C)C)Oc2c1c(=O)n(C)c(=O)n2C. The summed E-state index contributed by atoms with van der Waals surface area (Å²) in [7, 11) is 2.67. The van der Waals surface area contributed by atoms with Gasteiger partial charge in [0, 0.05) is 54.1 Å². The molecule has 0 N–H and O–H groups in total. The fourth-order valence-electron chi connectivity index (χ4n) is 4.23. The van der Waals surface area contributed by atoms with Gasteiger partial charge in [-0.05, 0) is 5.92 Å². The summed E-state index contributed by atoms with van der Waals surface area (Å²) in [6.07, 6.45) is -5.46. The second kappa shape index (κ2) is 13.4. The van der Waals surface area contributed by atoms with Crippen molar-refractivity contribution in [1.82, 2.24) is 9.13 Å². The van der Waals surface area contributed by atoms with Crippen LogP contribution in [0.5, 0.6) is 5.88 Å². The zero-order valence-corrected chi connectivity index (χ0v) is 23.4. The maximum absolute atomic E-state index is 13.4. The molecule has 0 unspecified atom stereocenters. The van der Waals surface area contributed by atoms with E-state index >= 15 is 0 Å². The topological polar surface area (TPSA) is 168 Å². The van der Waals surface area contributed by atoms with Gasteiger partial charge < -0.3 is 28.4 Å². The van der Waals surface area contributed by atoms with E-state index in [0.717, 1.165) is 36.8 Å². The molecule has 0 saturated heterocycles. The van der Waals surface area contributed by atoms with Crippen LogP contribution in [-0.2, 0) is 57.0 Å². The summed E-state index contributed by atoms with van der Waals surface area (Å²) >= 11 is 0. The molecule has 1 aliphatic rings. The molecule has 1 aliphatic heterocycles. The molecule has 0 aliphatic carbocycles. The zero-order chi connectivity index (χ0) is 29.6. The minimum Gasteiger partial charge on any atom is -0.462 e. The first-order valence-electron chi connectivity index (χ1n) is 12.4. The molecule has 1 aromatic heterocycles. The molecule has 0 saturated carbocycles. The molecule has 14 nitrogen and oxygen atoms in total. The first kappa shape index (κ1) is 31.5. The van der Waals surface area contributed by atoms with E-state index in [1.54, 1.807) is 0 Å². The highest BCUT2D eigenvalue weighted by atomic mass is 16.7. The van der Waals surface area contributed by atoms with Crippen molar-refractivity contribution in [3.63, 3.8) is 0 Å². The zero-order valence-electron chi connectivity index (χ0n) is 23.4. The molecular weight excluding hydrogens is 520 g/mol. The standard InChI is InChI=1S/C25H36N2O12/c1-12(2)10-35-19-9-17(20-23(32)26(7)25(33)27(8)24(20)39-19)21(37-15(5)30)22(38-16(6)31)18(36-14(4)29)11-34-13(3)28/h12,17-19,21-22H,9-11H2,1-8H3/t17-,18-,19-,21+,22-/m1/s1. The van der Waals surface area contributed by atoms with Crippen molar-refractivity contribution in [3.8, 4) is 5.88 Å². The third kappa shape index (κ3) is 8.15. The highest BCUT2D eigenvalue weighted by Crippen LogP contribution is 2.39. The molecule has 0 bridgehead atoms. The Bertz CT molecular complexity index is 1200. The maximum atomic E-state index is 13.4. The van der Waals surface area contributed by atoms with Crippen molar-refractivity contribution in [1.29, 1.82) is 0 Å². The van der Waals surface area contributed by atoms with Crippen LogP contribution in [0.1, 0.15) is 59.4 Å². The molecule has 0 amide bonds. The summed E-state index contributed by atoms with van der Waals surface area (Å²) in [5, 5.41) is 0. The Labute approximate surface area is 225 Å². The molecule has 39 heavy (non-hydrogen) atoms.